The largest absolute Gasteiger partial charge is 0.464 e. The van der Waals surface area contributed by atoms with Gasteiger partial charge in [-0.25, -0.2) is 0 Å². The maximum atomic E-state index is 10.7. The molecule has 21 heavy (non-hydrogen) atoms. The highest BCUT2D eigenvalue weighted by Crippen LogP contribution is 2.22. The van der Waals surface area contributed by atoms with Gasteiger partial charge in [-0.15, -0.1) is 12.4 Å². The molecule has 114 valence electrons. The van der Waals surface area contributed by atoms with Crippen molar-refractivity contribution in [1.82, 2.24) is 15.3 Å². The molecule has 2 heterocycles. The van der Waals surface area contributed by atoms with E-state index in [1.165, 1.54) is 18.6 Å². The summed E-state index contributed by atoms with van der Waals surface area (Å²) in [7, 11) is 0. The number of nitrogens with zero attached hydrogens (tertiary/aromatic N) is 2. The number of piperidine rings is 1. The molecule has 0 bridgehead atoms. The van der Waals surface area contributed by atoms with Gasteiger partial charge in [0.15, 0.2) is 0 Å². The average Bonchev–Trinajstić information content (AvgIpc) is 2.88. The highest BCUT2D eigenvalue weighted by molar-refractivity contribution is 5.85. The van der Waals surface area contributed by atoms with Gasteiger partial charge in [-0.3, -0.25) is 10.1 Å². The van der Waals surface area contributed by atoms with Crippen LogP contribution < -0.4 is 10.1 Å². The number of rotatable bonds is 4. The molecular formula is C13H17ClN4O3. The number of hydrogen-bond acceptors (Lipinski definition) is 5. The fraction of sp³-hybridized carbons (Fsp3) is 0.462. The Morgan fingerprint density at radius 1 is 1.48 bits per heavy atom. The molecule has 8 heteroatoms. The second-order valence-corrected chi connectivity index (χ2v) is 5.02. The smallest absolute Gasteiger partial charge is 0.294 e. The van der Waals surface area contributed by atoms with Gasteiger partial charge >= 0.3 is 0 Å². The van der Waals surface area contributed by atoms with E-state index in [4.69, 9.17) is 4.74 Å². The van der Waals surface area contributed by atoms with Crippen molar-refractivity contribution in [3.05, 3.63) is 28.3 Å². The van der Waals surface area contributed by atoms with Gasteiger partial charge in [0.1, 0.15) is 0 Å². The Hall–Kier alpha value is -1.86. The van der Waals surface area contributed by atoms with Gasteiger partial charge in [0.2, 0.25) is 0 Å². The zero-order valence-corrected chi connectivity index (χ0v) is 12.2. The van der Waals surface area contributed by atoms with Gasteiger partial charge in [-0.2, -0.15) is 4.98 Å². The molecule has 1 unspecified atom stereocenters. The molecule has 0 aliphatic carbocycles. The molecule has 1 saturated heterocycles. The van der Waals surface area contributed by atoms with Gasteiger partial charge in [0.05, 0.1) is 22.6 Å². The molecule has 0 amide bonds. The van der Waals surface area contributed by atoms with E-state index in [1.807, 2.05) is 0 Å². The number of nitro benzene ring substituents is 1. The van der Waals surface area contributed by atoms with Crippen molar-refractivity contribution in [3.63, 3.8) is 0 Å². The zero-order chi connectivity index (χ0) is 13.9. The summed E-state index contributed by atoms with van der Waals surface area (Å²) < 4.78 is 5.65. The molecular weight excluding hydrogens is 296 g/mol. The first-order valence-electron chi connectivity index (χ1n) is 6.70. The van der Waals surface area contributed by atoms with Crippen molar-refractivity contribution < 1.29 is 9.66 Å². The SMILES string of the molecule is Cl.O=[N+]([O-])c1ccc2nc(OCC3CCCNC3)[nH]c2c1. The lowest BCUT2D eigenvalue weighted by atomic mass is 10.0. The fourth-order valence-corrected chi connectivity index (χ4v) is 2.42. The van der Waals surface area contributed by atoms with Crippen LogP contribution in [0, 0.1) is 16.0 Å². The van der Waals surface area contributed by atoms with E-state index >= 15 is 0 Å². The topological polar surface area (TPSA) is 93.1 Å². The molecule has 1 fully saturated rings. The molecule has 0 spiro atoms. The maximum Gasteiger partial charge on any atom is 0.294 e. The summed E-state index contributed by atoms with van der Waals surface area (Å²) in [5.74, 6) is 0.492. The summed E-state index contributed by atoms with van der Waals surface area (Å²) in [4.78, 5) is 17.5. The summed E-state index contributed by atoms with van der Waals surface area (Å²) in [6.45, 7) is 2.64. The summed E-state index contributed by atoms with van der Waals surface area (Å²) in [5, 5.41) is 14.0. The number of hydrogen-bond donors (Lipinski definition) is 2. The Kier molecular flexibility index (Phi) is 4.98. The third kappa shape index (κ3) is 3.62. The summed E-state index contributed by atoms with van der Waals surface area (Å²) in [6.07, 6.45) is 2.32. The molecule has 1 aromatic heterocycles. The normalized spacial score (nSPS) is 18.2. The average molecular weight is 313 g/mol. The zero-order valence-electron chi connectivity index (χ0n) is 11.4. The van der Waals surface area contributed by atoms with E-state index in [0.29, 0.717) is 29.6 Å². The van der Waals surface area contributed by atoms with E-state index in [9.17, 15) is 10.1 Å². The minimum absolute atomic E-state index is 0. The van der Waals surface area contributed by atoms with Crippen LogP contribution in [0.2, 0.25) is 0 Å². The van der Waals surface area contributed by atoms with Crippen molar-refractivity contribution in [2.24, 2.45) is 5.92 Å². The maximum absolute atomic E-state index is 10.7. The van der Waals surface area contributed by atoms with Crippen LogP contribution in [-0.2, 0) is 0 Å². The molecule has 3 rings (SSSR count). The molecule has 1 atom stereocenters. The number of ether oxygens (including phenoxy) is 1. The van der Waals surface area contributed by atoms with Crippen LogP contribution in [0.5, 0.6) is 6.01 Å². The molecule has 2 N–H and O–H groups in total. The van der Waals surface area contributed by atoms with Gasteiger partial charge < -0.3 is 15.0 Å². The lowest BCUT2D eigenvalue weighted by Gasteiger charge is -2.21. The Bertz CT molecular complexity index is 625. The Morgan fingerprint density at radius 3 is 3.05 bits per heavy atom. The first-order valence-corrected chi connectivity index (χ1v) is 6.70. The fourth-order valence-electron chi connectivity index (χ4n) is 2.42. The van der Waals surface area contributed by atoms with E-state index in [2.05, 4.69) is 15.3 Å². The molecule has 2 aromatic rings. The number of aromatic nitrogens is 2. The number of H-pyrrole nitrogens is 1. The molecule has 0 radical (unpaired) electrons. The third-order valence-corrected chi connectivity index (χ3v) is 3.51. The van der Waals surface area contributed by atoms with Crippen molar-refractivity contribution in [2.45, 2.75) is 12.8 Å². The Balaban J connectivity index is 0.00000161. The van der Waals surface area contributed by atoms with E-state index < -0.39 is 4.92 Å². The highest BCUT2D eigenvalue weighted by atomic mass is 35.5. The van der Waals surface area contributed by atoms with Crippen LogP contribution in [0.4, 0.5) is 5.69 Å². The minimum atomic E-state index is -0.422. The highest BCUT2D eigenvalue weighted by Gasteiger charge is 2.15. The number of nitro groups is 1. The minimum Gasteiger partial charge on any atom is -0.464 e. The second-order valence-electron chi connectivity index (χ2n) is 5.02. The molecule has 1 aliphatic rings. The summed E-state index contributed by atoms with van der Waals surface area (Å²) in [6, 6.07) is 4.96. The van der Waals surface area contributed by atoms with Crippen LogP contribution in [0.1, 0.15) is 12.8 Å². The van der Waals surface area contributed by atoms with E-state index in [-0.39, 0.29) is 18.1 Å². The number of imidazole rings is 1. The van der Waals surface area contributed by atoms with Gasteiger partial charge in [0, 0.05) is 24.6 Å². The summed E-state index contributed by atoms with van der Waals surface area (Å²) in [5.41, 5.74) is 1.34. The third-order valence-electron chi connectivity index (χ3n) is 3.51. The van der Waals surface area contributed by atoms with Gasteiger partial charge in [-0.1, -0.05) is 0 Å². The van der Waals surface area contributed by atoms with Crippen LogP contribution in [-0.4, -0.2) is 34.6 Å². The number of halogens is 1. The number of nitrogens with one attached hydrogen (secondary N) is 2. The van der Waals surface area contributed by atoms with Gasteiger partial charge in [0.25, 0.3) is 11.7 Å². The number of fused-ring (bicyclic) bond motifs is 1. The second kappa shape index (κ2) is 6.73. The van der Waals surface area contributed by atoms with E-state index in [1.54, 1.807) is 6.07 Å². The van der Waals surface area contributed by atoms with Crippen molar-refractivity contribution in [3.8, 4) is 6.01 Å². The Labute approximate surface area is 127 Å². The van der Waals surface area contributed by atoms with Crippen molar-refractivity contribution >= 4 is 29.1 Å². The predicted molar refractivity (Wildman–Crippen MR) is 81.1 cm³/mol. The number of aromatic amines is 1. The number of non-ortho nitro benzene ring substituents is 1. The predicted octanol–water partition coefficient (Wildman–Crippen LogP) is 2.27. The Morgan fingerprint density at radius 2 is 2.33 bits per heavy atom. The first-order chi connectivity index (χ1) is 9.72. The summed E-state index contributed by atoms with van der Waals surface area (Å²) >= 11 is 0. The monoisotopic (exact) mass is 312 g/mol. The molecule has 1 aromatic carbocycles. The lowest BCUT2D eigenvalue weighted by molar-refractivity contribution is -0.384. The quantitative estimate of drug-likeness (QED) is 0.667. The first kappa shape index (κ1) is 15.5. The lowest BCUT2D eigenvalue weighted by Crippen LogP contribution is -2.33. The standard InChI is InChI=1S/C13H16N4O3.ClH/c18-17(19)10-3-4-11-12(6-10)16-13(15-11)20-8-9-2-1-5-14-7-9;/h3-4,6,9,14H,1-2,5,7-8H2,(H,15,16);1H. The molecule has 0 saturated carbocycles. The van der Waals surface area contributed by atoms with Crippen molar-refractivity contribution in [2.75, 3.05) is 19.7 Å². The van der Waals surface area contributed by atoms with Crippen LogP contribution in [0.3, 0.4) is 0 Å². The number of benzene rings is 1. The van der Waals surface area contributed by atoms with E-state index in [0.717, 1.165) is 19.5 Å². The van der Waals surface area contributed by atoms with Crippen LogP contribution in [0.15, 0.2) is 18.2 Å². The van der Waals surface area contributed by atoms with Gasteiger partial charge in [-0.05, 0) is 25.5 Å². The molecule has 1 aliphatic heterocycles. The van der Waals surface area contributed by atoms with Crippen LogP contribution in [0.25, 0.3) is 11.0 Å². The molecule has 7 nitrogen and oxygen atoms in total. The van der Waals surface area contributed by atoms with Crippen LogP contribution >= 0.6 is 12.4 Å². The van der Waals surface area contributed by atoms with Crippen molar-refractivity contribution in [1.29, 1.82) is 0 Å².